The number of nitrogens with zero attached hydrogens (tertiary/aromatic N) is 5. The normalized spacial score (nSPS) is 17.7. The van der Waals surface area contributed by atoms with E-state index in [1.165, 1.54) is 16.0 Å². The van der Waals surface area contributed by atoms with Crippen LogP contribution in [0.1, 0.15) is 21.6 Å². The maximum atomic E-state index is 12.9. The molecule has 0 radical (unpaired) electrons. The third kappa shape index (κ3) is 3.34. The number of nitrogens with one attached hydrogen (secondary N) is 1. The van der Waals surface area contributed by atoms with Crippen LogP contribution in [-0.2, 0) is 24.2 Å². The van der Waals surface area contributed by atoms with Gasteiger partial charge in [-0.25, -0.2) is 14.8 Å². The minimum atomic E-state index is 0.107. The predicted octanol–water partition coefficient (Wildman–Crippen LogP) is 3.18. The van der Waals surface area contributed by atoms with Gasteiger partial charge in [0.05, 0.1) is 31.7 Å². The van der Waals surface area contributed by atoms with E-state index < -0.39 is 0 Å². The highest BCUT2D eigenvalue weighted by molar-refractivity contribution is 7.19. The molecule has 1 fully saturated rings. The molecule has 0 aliphatic carbocycles. The molecule has 6 rings (SSSR count). The minimum Gasteiger partial charge on any atom is -0.378 e. The molecule has 0 saturated carbocycles. The van der Waals surface area contributed by atoms with Crippen molar-refractivity contribution < 1.29 is 9.53 Å². The smallest absolute Gasteiger partial charge is 0.320 e. The number of carbonyl (C=O) groups excluding carboxylic acids is 1. The predicted molar refractivity (Wildman–Crippen MR) is 120 cm³/mol. The lowest BCUT2D eigenvalue weighted by atomic mass is 10.0. The molecule has 2 amide bonds. The highest BCUT2D eigenvalue weighted by Crippen LogP contribution is 2.38. The van der Waals surface area contributed by atoms with E-state index in [9.17, 15) is 4.79 Å². The number of urea groups is 1. The van der Waals surface area contributed by atoms with E-state index in [4.69, 9.17) is 4.74 Å². The number of hydrogen-bond donors (Lipinski definition) is 1. The van der Waals surface area contributed by atoms with Crippen molar-refractivity contribution in [1.29, 1.82) is 0 Å². The summed E-state index contributed by atoms with van der Waals surface area (Å²) in [7, 11) is 0. The molecule has 5 heterocycles. The molecular weight excluding hydrogens is 412 g/mol. The number of rotatable bonds is 2. The van der Waals surface area contributed by atoms with Gasteiger partial charge < -0.3 is 19.9 Å². The fourth-order valence-corrected chi connectivity index (χ4v) is 5.66. The topological polar surface area (TPSA) is 83.0 Å². The Morgan fingerprint density at radius 3 is 2.94 bits per heavy atom. The molecule has 31 heavy (non-hydrogen) atoms. The molecule has 0 spiro atoms. The first-order chi connectivity index (χ1) is 15.3. The molecular formula is C22H22N6O2S. The van der Waals surface area contributed by atoms with Gasteiger partial charge >= 0.3 is 6.03 Å². The number of benzene rings is 1. The van der Waals surface area contributed by atoms with Crippen LogP contribution < -0.4 is 5.32 Å². The zero-order valence-electron chi connectivity index (χ0n) is 17.0. The Hall–Kier alpha value is -3.04. The molecule has 0 atom stereocenters. The van der Waals surface area contributed by atoms with Crippen LogP contribution in [0.3, 0.4) is 0 Å². The lowest BCUT2D eigenvalue weighted by Gasteiger charge is -2.34. The van der Waals surface area contributed by atoms with Crippen molar-refractivity contribution in [3.63, 3.8) is 0 Å². The Morgan fingerprint density at radius 2 is 2.03 bits per heavy atom. The van der Waals surface area contributed by atoms with Crippen LogP contribution in [0.2, 0.25) is 0 Å². The molecule has 1 N–H and O–H groups in total. The second kappa shape index (κ2) is 7.58. The van der Waals surface area contributed by atoms with Gasteiger partial charge in [-0.1, -0.05) is 6.07 Å². The quantitative estimate of drug-likeness (QED) is 0.670. The largest absolute Gasteiger partial charge is 0.378 e. The fourth-order valence-electron chi connectivity index (χ4n) is 4.46. The van der Waals surface area contributed by atoms with Crippen LogP contribution in [0.25, 0.3) is 10.2 Å². The number of thiophene rings is 1. The van der Waals surface area contributed by atoms with Gasteiger partial charge in [-0.3, -0.25) is 4.99 Å². The van der Waals surface area contributed by atoms with Crippen molar-refractivity contribution in [2.75, 3.05) is 38.2 Å². The SMILES string of the molecule is O=C(N1CCOCC1)N1CCc2c(sc3ncnc(Nc4ccc5c(c4)C=NC5)c23)C1. The minimum absolute atomic E-state index is 0.107. The number of amides is 2. The zero-order valence-corrected chi connectivity index (χ0v) is 17.8. The first kappa shape index (κ1) is 18.7. The van der Waals surface area contributed by atoms with E-state index in [2.05, 4.69) is 38.5 Å². The maximum Gasteiger partial charge on any atom is 0.320 e. The highest BCUT2D eigenvalue weighted by atomic mass is 32.1. The monoisotopic (exact) mass is 434 g/mol. The van der Waals surface area contributed by atoms with Gasteiger partial charge in [0.1, 0.15) is 17.0 Å². The van der Waals surface area contributed by atoms with Gasteiger partial charge in [-0.2, -0.15) is 0 Å². The van der Waals surface area contributed by atoms with Crippen molar-refractivity contribution in [3.8, 4) is 0 Å². The molecule has 3 aliphatic heterocycles. The highest BCUT2D eigenvalue weighted by Gasteiger charge is 2.29. The van der Waals surface area contributed by atoms with E-state index in [0.29, 0.717) is 39.4 Å². The third-order valence-electron chi connectivity index (χ3n) is 6.09. The summed E-state index contributed by atoms with van der Waals surface area (Å²) < 4.78 is 5.38. The molecule has 158 valence electrons. The molecule has 3 aliphatic rings. The lowest BCUT2D eigenvalue weighted by molar-refractivity contribution is 0.0423. The average molecular weight is 435 g/mol. The Bertz CT molecular complexity index is 1200. The summed E-state index contributed by atoms with van der Waals surface area (Å²) >= 11 is 1.66. The number of hydrogen-bond acceptors (Lipinski definition) is 7. The molecule has 8 nitrogen and oxygen atoms in total. The number of anilines is 2. The molecule has 2 aromatic heterocycles. The third-order valence-corrected chi connectivity index (χ3v) is 7.21. The van der Waals surface area contributed by atoms with Gasteiger partial charge in [0.25, 0.3) is 0 Å². The molecule has 1 aromatic carbocycles. The van der Waals surface area contributed by atoms with Gasteiger partial charge in [0, 0.05) is 36.4 Å². The van der Waals surface area contributed by atoms with E-state index in [0.717, 1.165) is 40.3 Å². The van der Waals surface area contributed by atoms with Crippen molar-refractivity contribution in [1.82, 2.24) is 19.8 Å². The van der Waals surface area contributed by atoms with Crippen LogP contribution >= 0.6 is 11.3 Å². The standard InChI is InChI=1S/C22H22N6O2S/c29-22(27-5-7-30-8-6-27)28-4-3-17-18(12-28)31-21-19(17)20(24-13-25-21)26-16-2-1-14-10-23-11-15(14)9-16/h1-2,9,11,13H,3-8,10,12H2,(H,24,25,26). The van der Waals surface area contributed by atoms with Gasteiger partial charge in [-0.05, 0) is 35.2 Å². The van der Waals surface area contributed by atoms with Crippen LogP contribution in [0, 0.1) is 0 Å². The first-order valence-electron chi connectivity index (χ1n) is 10.5. The van der Waals surface area contributed by atoms with Crippen molar-refractivity contribution in [2.24, 2.45) is 4.99 Å². The summed E-state index contributed by atoms with van der Waals surface area (Å²) in [5, 5.41) is 4.57. The fraction of sp³-hybridized carbons (Fsp3) is 0.364. The van der Waals surface area contributed by atoms with Gasteiger partial charge in [-0.15, -0.1) is 11.3 Å². The lowest BCUT2D eigenvalue weighted by Crippen LogP contribution is -2.49. The number of ether oxygens (including phenoxy) is 1. The zero-order chi connectivity index (χ0) is 20.8. The van der Waals surface area contributed by atoms with E-state index >= 15 is 0 Å². The first-order valence-corrected chi connectivity index (χ1v) is 11.3. The van der Waals surface area contributed by atoms with Crippen molar-refractivity contribution in [2.45, 2.75) is 19.5 Å². The summed E-state index contributed by atoms with van der Waals surface area (Å²) in [6.45, 7) is 4.66. The Kier molecular flexibility index (Phi) is 4.57. The maximum absolute atomic E-state index is 12.9. The van der Waals surface area contributed by atoms with Gasteiger partial charge in [0.2, 0.25) is 0 Å². The Labute approximate surface area is 183 Å². The number of morpholine rings is 1. The molecule has 3 aromatic rings. The van der Waals surface area contributed by atoms with Crippen LogP contribution in [0.4, 0.5) is 16.3 Å². The number of aromatic nitrogens is 2. The van der Waals surface area contributed by atoms with Crippen LogP contribution in [-0.4, -0.2) is 64.9 Å². The summed E-state index contributed by atoms with van der Waals surface area (Å²) in [4.78, 5) is 32.3. The number of aliphatic imine (C=N–C) groups is 1. The molecule has 9 heteroatoms. The van der Waals surface area contributed by atoms with Gasteiger partial charge in [0.15, 0.2) is 0 Å². The van der Waals surface area contributed by atoms with E-state index in [1.54, 1.807) is 17.7 Å². The Balaban J connectivity index is 1.29. The second-order valence-corrected chi connectivity index (χ2v) is 9.05. The summed E-state index contributed by atoms with van der Waals surface area (Å²) in [6, 6.07) is 6.40. The second-order valence-electron chi connectivity index (χ2n) is 7.97. The summed E-state index contributed by atoms with van der Waals surface area (Å²) in [6.07, 6.45) is 4.34. The number of carbonyl (C=O) groups is 1. The van der Waals surface area contributed by atoms with E-state index in [1.807, 2.05) is 16.0 Å². The number of fused-ring (bicyclic) bond motifs is 4. The molecule has 0 bridgehead atoms. The Morgan fingerprint density at radius 1 is 1.13 bits per heavy atom. The van der Waals surface area contributed by atoms with E-state index in [-0.39, 0.29) is 6.03 Å². The van der Waals surface area contributed by atoms with Crippen LogP contribution in [0.5, 0.6) is 0 Å². The summed E-state index contributed by atoms with van der Waals surface area (Å²) in [5.41, 5.74) is 4.65. The van der Waals surface area contributed by atoms with Crippen molar-refractivity contribution in [3.05, 3.63) is 46.1 Å². The molecule has 0 unspecified atom stereocenters. The average Bonchev–Trinajstić information content (AvgIpc) is 3.43. The molecule has 1 saturated heterocycles. The summed E-state index contributed by atoms with van der Waals surface area (Å²) in [5.74, 6) is 0.824. The van der Waals surface area contributed by atoms with Crippen molar-refractivity contribution >= 4 is 45.3 Å². The van der Waals surface area contributed by atoms with Crippen LogP contribution in [0.15, 0.2) is 29.5 Å².